The van der Waals surface area contributed by atoms with E-state index < -0.39 is 0 Å². The van der Waals surface area contributed by atoms with Crippen LogP contribution in [0, 0.1) is 0 Å². The van der Waals surface area contributed by atoms with E-state index in [0.29, 0.717) is 0 Å². The van der Waals surface area contributed by atoms with Crippen LogP contribution in [0.25, 0.3) is 0 Å². The van der Waals surface area contributed by atoms with Crippen molar-refractivity contribution >= 4 is 5.82 Å². The van der Waals surface area contributed by atoms with Gasteiger partial charge in [0.05, 0.1) is 12.1 Å². The first-order chi connectivity index (χ1) is 6.85. The predicted molar refractivity (Wildman–Crippen MR) is 56.1 cm³/mol. The normalized spacial score (nSPS) is 19.5. The summed E-state index contributed by atoms with van der Waals surface area (Å²) in [5.74, 6) is 0.864. The SMILES string of the molecule is OCC1(Nc2ccccn2)CCCC1. The average molecular weight is 192 g/mol. The van der Waals surface area contributed by atoms with Crippen molar-refractivity contribution in [2.24, 2.45) is 0 Å². The number of aliphatic hydroxyl groups is 1. The molecule has 2 N–H and O–H groups in total. The van der Waals surface area contributed by atoms with Crippen molar-refractivity contribution in [2.45, 2.75) is 31.2 Å². The quantitative estimate of drug-likeness (QED) is 0.767. The van der Waals surface area contributed by atoms with Crippen molar-refractivity contribution < 1.29 is 5.11 Å². The van der Waals surface area contributed by atoms with Gasteiger partial charge in [-0.1, -0.05) is 18.9 Å². The number of hydrogen-bond donors (Lipinski definition) is 2. The van der Waals surface area contributed by atoms with Crippen LogP contribution in [0.15, 0.2) is 24.4 Å². The molecule has 0 radical (unpaired) electrons. The molecule has 76 valence electrons. The van der Waals surface area contributed by atoms with Crippen LogP contribution in [0.2, 0.25) is 0 Å². The number of nitrogens with zero attached hydrogens (tertiary/aromatic N) is 1. The Labute approximate surface area is 84.2 Å². The van der Waals surface area contributed by atoms with Crippen molar-refractivity contribution in [3.63, 3.8) is 0 Å². The van der Waals surface area contributed by atoms with Gasteiger partial charge in [0.25, 0.3) is 0 Å². The lowest BCUT2D eigenvalue weighted by molar-refractivity contribution is 0.214. The number of nitrogens with one attached hydrogen (secondary N) is 1. The second kappa shape index (κ2) is 3.96. The molecule has 1 heterocycles. The van der Waals surface area contributed by atoms with Crippen molar-refractivity contribution in [3.05, 3.63) is 24.4 Å². The zero-order valence-corrected chi connectivity index (χ0v) is 8.24. The van der Waals surface area contributed by atoms with Gasteiger partial charge in [-0.3, -0.25) is 0 Å². The Hall–Kier alpha value is -1.09. The molecule has 0 amide bonds. The summed E-state index contributed by atoms with van der Waals surface area (Å²) in [5, 5.41) is 12.7. The molecule has 0 aliphatic heterocycles. The Kier molecular flexibility index (Phi) is 2.68. The van der Waals surface area contributed by atoms with Crippen LogP contribution in [0.5, 0.6) is 0 Å². The fraction of sp³-hybridized carbons (Fsp3) is 0.545. The Morgan fingerprint density at radius 1 is 1.36 bits per heavy atom. The summed E-state index contributed by atoms with van der Waals surface area (Å²) in [6.45, 7) is 0.198. The highest BCUT2D eigenvalue weighted by Gasteiger charge is 2.33. The second-order valence-corrected chi connectivity index (χ2v) is 3.99. The van der Waals surface area contributed by atoms with E-state index in [1.54, 1.807) is 6.20 Å². The van der Waals surface area contributed by atoms with Gasteiger partial charge in [0.2, 0.25) is 0 Å². The summed E-state index contributed by atoms with van der Waals surface area (Å²) < 4.78 is 0. The summed E-state index contributed by atoms with van der Waals surface area (Å²) in [7, 11) is 0. The number of hydrogen-bond acceptors (Lipinski definition) is 3. The third-order valence-corrected chi connectivity index (χ3v) is 2.92. The van der Waals surface area contributed by atoms with Gasteiger partial charge in [-0.05, 0) is 25.0 Å². The zero-order valence-electron chi connectivity index (χ0n) is 8.24. The molecule has 0 aromatic carbocycles. The fourth-order valence-electron chi connectivity index (χ4n) is 2.08. The monoisotopic (exact) mass is 192 g/mol. The van der Waals surface area contributed by atoms with Crippen molar-refractivity contribution in [1.29, 1.82) is 0 Å². The molecule has 3 nitrogen and oxygen atoms in total. The van der Waals surface area contributed by atoms with Gasteiger partial charge < -0.3 is 10.4 Å². The van der Waals surface area contributed by atoms with Gasteiger partial charge in [0, 0.05) is 6.20 Å². The van der Waals surface area contributed by atoms with Crippen molar-refractivity contribution in [3.8, 4) is 0 Å². The predicted octanol–water partition coefficient (Wildman–Crippen LogP) is 1.80. The van der Waals surface area contributed by atoms with E-state index in [1.807, 2.05) is 18.2 Å². The third kappa shape index (κ3) is 1.87. The zero-order chi connectivity index (χ0) is 9.86. The number of aromatic nitrogens is 1. The molecule has 1 aromatic heterocycles. The fourth-order valence-corrected chi connectivity index (χ4v) is 2.08. The first-order valence-electron chi connectivity index (χ1n) is 5.15. The largest absolute Gasteiger partial charge is 0.394 e. The summed E-state index contributed by atoms with van der Waals surface area (Å²) in [6, 6.07) is 5.79. The topological polar surface area (TPSA) is 45.1 Å². The van der Waals surface area contributed by atoms with E-state index in [-0.39, 0.29) is 12.1 Å². The summed E-state index contributed by atoms with van der Waals surface area (Å²) in [4.78, 5) is 4.21. The van der Waals surface area contributed by atoms with Gasteiger partial charge in [-0.25, -0.2) is 4.98 Å². The molecular weight excluding hydrogens is 176 g/mol. The van der Waals surface area contributed by atoms with Crippen LogP contribution in [0.1, 0.15) is 25.7 Å². The Morgan fingerprint density at radius 3 is 2.71 bits per heavy atom. The molecule has 0 atom stereocenters. The van der Waals surface area contributed by atoms with Crippen molar-refractivity contribution in [2.75, 3.05) is 11.9 Å². The van der Waals surface area contributed by atoms with Crippen LogP contribution >= 0.6 is 0 Å². The standard InChI is InChI=1S/C11H16N2O/c14-9-11(6-2-3-7-11)13-10-5-1-4-8-12-10/h1,4-5,8,14H,2-3,6-7,9H2,(H,12,13). The minimum atomic E-state index is -0.117. The van der Waals surface area contributed by atoms with Crippen LogP contribution in [0.4, 0.5) is 5.82 Å². The summed E-state index contributed by atoms with van der Waals surface area (Å²) in [5.41, 5.74) is -0.117. The van der Waals surface area contributed by atoms with E-state index in [0.717, 1.165) is 18.7 Å². The third-order valence-electron chi connectivity index (χ3n) is 2.92. The highest BCUT2D eigenvalue weighted by Crippen LogP contribution is 2.31. The minimum absolute atomic E-state index is 0.117. The molecule has 1 aliphatic carbocycles. The van der Waals surface area contributed by atoms with Gasteiger partial charge in [0.15, 0.2) is 0 Å². The smallest absolute Gasteiger partial charge is 0.126 e. The molecule has 0 bridgehead atoms. The van der Waals surface area contributed by atoms with E-state index in [1.165, 1.54) is 12.8 Å². The Bertz CT molecular complexity index is 281. The maximum atomic E-state index is 9.39. The molecule has 0 spiro atoms. The lowest BCUT2D eigenvalue weighted by Gasteiger charge is -2.28. The Morgan fingerprint density at radius 2 is 2.14 bits per heavy atom. The van der Waals surface area contributed by atoms with Crippen LogP contribution in [-0.4, -0.2) is 22.2 Å². The number of rotatable bonds is 3. The van der Waals surface area contributed by atoms with Gasteiger partial charge in [0.1, 0.15) is 5.82 Å². The van der Waals surface area contributed by atoms with Crippen LogP contribution < -0.4 is 5.32 Å². The highest BCUT2D eigenvalue weighted by atomic mass is 16.3. The molecule has 1 saturated carbocycles. The second-order valence-electron chi connectivity index (χ2n) is 3.99. The molecule has 1 fully saturated rings. The van der Waals surface area contributed by atoms with E-state index >= 15 is 0 Å². The molecule has 3 heteroatoms. The van der Waals surface area contributed by atoms with Crippen molar-refractivity contribution in [1.82, 2.24) is 4.98 Å². The molecule has 1 aliphatic rings. The first kappa shape index (κ1) is 9.46. The van der Waals surface area contributed by atoms with Gasteiger partial charge >= 0.3 is 0 Å². The first-order valence-corrected chi connectivity index (χ1v) is 5.15. The molecule has 0 saturated heterocycles. The van der Waals surface area contributed by atoms with Crippen LogP contribution in [-0.2, 0) is 0 Å². The number of anilines is 1. The molecule has 1 aromatic rings. The maximum Gasteiger partial charge on any atom is 0.126 e. The van der Waals surface area contributed by atoms with Crippen LogP contribution in [0.3, 0.4) is 0 Å². The molecule has 14 heavy (non-hydrogen) atoms. The summed E-state index contributed by atoms with van der Waals surface area (Å²) in [6.07, 6.45) is 6.24. The average Bonchev–Trinajstić information content (AvgIpc) is 2.69. The van der Waals surface area contributed by atoms with E-state index in [9.17, 15) is 5.11 Å². The van der Waals surface area contributed by atoms with Gasteiger partial charge in [-0.15, -0.1) is 0 Å². The minimum Gasteiger partial charge on any atom is -0.394 e. The van der Waals surface area contributed by atoms with Gasteiger partial charge in [-0.2, -0.15) is 0 Å². The Balaban J connectivity index is 2.08. The highest BCUT2D eigenvalue weighted by molar-refractivity contribution is 5.37. The van der Waals surface area contributed by atoms with E-state index in [4.69, 9.17) is 0 Å². The summed E-state index contributed by atoms with van der Waals surface area (Å²) >= 11 is 0. The maximum absolute atomic E-state index is 9.39. The number of pyridine rings is 1. The molecule has 0 unspecified atom stereocenters. The van der Waals surface area contributed by atoms with E-state index in [2.05, 4.69) is 10.3 Å². The number of aliphatic hydroxyl groups excluding tert-OH is 1. The lowest BCUT2D eigenvalue weighted by Crippen LogP contribution is -2.39. The lowest BCUT2D eigenvalue weighted by atomic mass is 9.99. The molecule has 2 rings (SSSR count). The molecular formula is C11H16N2O.